The van der Waals surface area contributed by atoms with Crippen LogP contribution >= 0.6 is 0 Å². The van der Waals surface area contributed by atoms with Crippen molar-refractivity contribution in [3.05, 3.63) is 578 Å². The monoisotopic (exact) mass is 1750 g/mol. The Balaban J connectivity index is 0.000000139. The van der Waals surface area contributed by atoms with E-state index in [1.54, 1.807) is 0 Å². The molecule has 4 nitrogen and oxygen atoms in total. The number of nitrogens with zero attached hydrogens (tertiary/aromatic N) is 4. The highest BCUT2D eigenvalue weighted by molar-refractivity contribution is 6.17. The van der Waals surface area contributed by atoms with E-state index in [9.17, 15) is 0 Å². The Morgan fingerprint density at radius 1 is 0.116 bits per heavy atom. The molecule has 0 N–H and O–H groups in total. The Morgan fingerprint density at radius 3 is 0.659 bits per heavy atom. The van der Waals surface area contributed by atoms with Crippen LogP contribution < -0.4 is 0 Å². The molecule has 0 unspecified atom stereocenters. The topological polar surface area (TPSA) is 19.7 Å². The maximum atomic E-state index is 2.53. The fourth-order valence-electron chi connectivity index (χ4n) is 23.4. The summed E-state index contributed by atoms with van der Waals surface area (Å²) in [7, 11) is 0. The first kappa shape index (κ1) is 79.8. The Bertz CT molecular complexity index is 9140. The summed E-state index contributed by atoms with van der Waals surface area (Å²) in [6.07, 6.45) is 0. The molecule has 2 aliphatic carbocycles. The van der Waals surface area contributed by atoms with E-state index in [2.05, 4.69) is 552 Å². The van der Waals surface area contributed by atoms with Gasteiger partial charge in [0.15, 0.2) is 0 Å². The zero-order valence-electron chi connectivity index (χ0n) is 75.6. The summed E-state index contributed by atoms with van der Waals surface area (Å²) in [6, 6.07) is 197. The molecule has 4 heterocycles. The minimum absolute atomic E-state index is 0.507. The predicted octanol–water partition coefficient (Wildman–Crippen LogP) is 34.5. The molecule has 26 aromatic rings. The van der Waals surface area contributed by atoms with Gasteiger partial charge in [0.25, 0.3) is 0 Å². The van der Waals surface area contributed by atoms with Crippen LogP contribution in [0.1, 0.15) is 44.5 Å². The fraction of sp³-hybridized carbons (Fsp3) is 0.0149. The van der Waals surface area contributed by atoms with Crippen molar-refractivity contribution in [2.45, 2.75) is 10.8 Å². The van der Waals surface area contributed by atoms with Gasteiger partial charge in [-0.15, -0.1) is 0 Å². The maximum Gasteiger partial charge on any atom is 0.0714 e. The van der Waals surface area contributed by atoms with Crippen LogP contribution in [0, 0.1) is 0 Å². The minimum atomic E-state index is -0.509. The average molecular weight is 1750 g/mol. The summed E-state index contributed by atoms with van der Waals surface area (Å²) >= 11 is 0. The molecule has 0 radical (unpaired) electrons. The molecule has 0 amide bonds. The third kappa shape index (κ3) is 12.6. The van der Waals surface area contributed by atoms with Gasteiger partial charge >= 0.3 is 0 Å². The highest BCUT2D eigenvalue weighted by Gasteiger charge is 2.48. The number of hydrogen-bond acceptors (Lipinski definition) is 0. The zero-order chi connectivity index (χ0) is 90.9. The van der Waals surface area contributed by atoms with Crippen molar-refractivity contribution in [2.75, 3.05) is 0 Å². The molecule has 4 aromatic heterocycles. The van der Waals surface area contributed by atoms with Crippen molar-refractivity contribution < 1.29 is 0 Å². The molecule has 0 fully saturated rings. The summed E-state index contributed by atoms with van der Waals surface area (Å²) in [5, 5.41) is 9.89. The van der Waals surface area contributed by atoms with Gasteiger partial charge in [0.05, 0.1) is 55.0 Å². The van der Waals surface area contributed by atoms with Gasteiger partial charge in [0.1, 0.15) is 0 Å². The van der Waals surface area contributed by atoms with E-state index in [4.69, 9.17) is 0 Å². The Morgan fingerprint density at radius 2 is 0.333 bits per heavy atom. The van der Waals surface area contributed by atoms with Crippen molar-refractivity contribution in [1.29, 1.82) is 0 Å². The number of aromatic nitrogens is 4. The van der Waals surface area contributed by atoms with Crippen molar-refractivity contribution in [3.63, 3.8) is 0 Å². The summed E-state index contributed by atoms with van der Waals surface area (Å²) in [4.78, 5) is 0. The number of rotatable bonds is 14. The van der Waals surface area contributed by atoms with Crippen LogP contribution in [0.3, 0.4) is 0 Å². The molecule has 0 bridgehead atoms. The van der Waals surface area contributed by atoms with E-state index in [0.29, 0.717) is 0 Å². The standard InChI is InChI=1S/2C67H44N2/c1-5-17-45(18-6-1)47-29-35-53(36-30-47)68-63-28-16-14-26-56(63)58-41-49(33-39-64(58)68)50-34-40-65-59(42-50)60-43-62-57(44-66(60)69(65)54-37-31-48(32-38-54)46-19-7-2-8-20-46)55-25-13-15-27-61(55)67(62,51-21-9-3-10-22-51)52-23-11-4-12-24-52;1-5-17-45(18-6-1)47-29-35-53(36-30-47)68-63-28-16-14-26-56(63)58-41-49(33-39-64(58)68)50-34-40-65-59(42-50)60-43-57-55-25-13-15-27-61(55)67(51-21-9-3-10-22-51,52-23-11-4-12-24-52)62(57)44-66(60)69(65)54-37-31-48(32-38-54)46-19-7-2-8-20-46/h2*1-44H. The minimum Gasteiger partial charge on any atom is -0.309 e. The van der Waals surface area contributed by atoms with Crippen LogP contribution in [0.5, 0.6) is 0 Å². The zero-order valence-corrected chi connectivity index (χ0v) is 75.6. The first-order valence-electron chi connectivity index (χ1n) is 47.8. The molecule has 644 valence electrons. The summed E-state index contributed by atoms with van der Waals surface area (Å²) < 4.78 is 9.80. The summed E-state index contributed by atoms with van der Waals surface area (Å²) in [6.45, 7) is 0. The van der Waals surface area contributed by atoms with Crippen LogP contribution in [0.4, 0.5) is 0 Å². The lowest BCUT2D eigenvalue weighted by atomic mass is 9.67. The number of benzene rings is 22. The third-order valence-corrected chi connectivity index (χ3v) is 29.6. The third-order valence-electron chi connectivity index (χ3n) is 29.6. The van der Waals surface area contributed by atoms with Gasteiger partial charge in [-0.2, -0.15) is 0 Å². The lowest BCUT2D eigenvalue weighted by molar-refractivity contribution is 0.769. The van der Waals surface area contributed by atoms with Gasteiger partial charge in [-0.05, 0) is 267 Å². The van der Waals surface area contributed by atoms with Gasteiger partial charge in [0.2, 0.25) is 0 Å². The van der Waals surface area contributed by atoms with Gasteiger partial charge in [-0.3, -0.25) is 0 Å². The lowest BCUT2D eigenvalue weighted by Crippen LogP contribution is -2.28. The largest absolute Gasteiger partial charge is 0.309 e. The van der Waals surface area contributed by atoms with Crippen LogP contribution in [-0.4, -0.2) is 18.3 Å². The Kier molecular flexibility index (Phi) is 18.8. The highest BCUT2D eigenvalue weighted by Crippen LogP contribution is 2.60. The molecule has 0 saturated heterocycles. The number of hydrogen-bond donors (Lipinski definition) is 0. The molecule has 138 heavy (non-hydrogen) atoms. The van der Waals surface area contributed by atoms with Crippen molar-refractivity contribution in [3.8, 4) is 112 Å². The van der Waals surface area contributed by atoms with E-state index in [1.165, 1.54) is 221 Å². The molecule has 4 heteroatoms. The predicted molar refractivity (Wildman–Crippen MR) is 577 cm³/mol. The van der Waals surface area contributed by atoms with Crippen LogP contribution in [0.25, 0.3) is 199 Å². The lowest BCUT2D eigenvalue weighted by Gasteiger charge is -2.34. The van der Waals surface area contributed by atoms with E-state index in [1.807, 2.05) is 0 Å². The van der Waals surface area contributed by atoms with E-state index in [-0.39, 0.29) is 0 Å². The first-order valence-corrected chi connectivity index (χ1v) is 47.8. The molecular weight excluding hydrogens is 1670 g/mol. The SMILES string of the molecule is c1ccc(-c2ccc(-n3c4ccccc4c4cc(-c5ccc6c(c5)c5cc7c(cc5n6-c5ccc(-c6ccccc6)cc5)-c5ccccc5C7(c5ccccc5)c5ccccc5)ccc43)cc2)cc1.c1ccc(-c2ccc(-n3c4ccccc4c4cc(-c5ccc6c(c5)c5cc7c(cc5n6-c5ccc(-c6ccccc6)cc5)C(c5ccccc5)(c5ccccc5)c5ccccc5-7)ccc43)cc2)cc1. The average Bonchev–Trinajstić information content (AvgIpc) is 1.53. The molecule has 0 aliphatic heterocycles. The molecule has 0 spiro atoms. The summed E-state index contributed by atoms with van der Waals surface area (Å²) in [5.41, 5.74) is 42.9. The molecule has 0 atom stereocenters. The van der Waals surface area contributed by atoms with Gasteiger partial charge in [-0.1, -0.05) is 400 Å². The second-order valence-corrected chi connectivity index (χ2v) is 36.8. The van der Waals surface area contributed by atoms with Gasteiger partial charge in [0, 0.05) is 65.8 Å². The van der Waals surface area contributed by atoms with E-state index < -0.39 is 10.8 Å². The maximum absolute atomic E-state index is 2.53. The number of para-hydroxylation sites is 2. The van der Waals surface area contributed by atoms with Gasteiger partial charge in [-0.25, -0.2) is 0 Å². The smallest absolute Gasteiger partial charge is 0.0714 e. The second-order valence-electron chi connectivity index (χ2n) is 36.8. The Labute approximate surface area is 800 Å². The van der Waals surface area contributed by atoms with Crippen LogP contribution in [0.15, 0.2) is 534 Å². The normalized spacial score (nSPS) is 12.8. The molecule has 28 rings (SSSR count). The van der Waals surface area contributed by atoms with E-state index in [0.717, 1.165) is 22.7 Å². The van der Waals surface area contributed by atoms with Crippen LogP contribution in [0.2, 0.25) is 0 Å². The van der Waals surface area contributed by atoms with Gasteiger partial charge < -0.3 is 18.3 Å². The van der Waals surface area contributed by atoms with Crippen molar-refractivity contribution in [2.24, 2.45) is 0 Å². The Hall–Kier alpha value is -18.0. The molecule has 2 aliphatic rings. The van der Waals surface area contributed by atoms with Crippen molar-refractivity contribution in [1.82, 2.24) is 18.3 Å². The highest BCUT2D eigenvalue weighted by atomic mass is 15.0. The second kappa shape index (κ2) is 32.5. The first-order chi connectivity index (χ1) is 68.4. The molecule has 0 saturated carbocycles. The van der Waals surface area contributed by atoms with Crippen molar-refractivity contribution >= 4 is 87.2 Å². The molecular formula is C134H88N4. The molecule has 22 aromatic carbocycles. The van der Waals surface area contributed by atoms with E-state index >= 15 is 0 Å². The quantitative estimate of drug-likeness (QED) is 0.103. The summed E-state index contributed by atoms with van der Waals surface area (Å²) in [5.74, 6) is 0. The number of fused-ring (bicyclic) bond motifs is 18. The fourth-order valence-corrected chi connectivity index (χ4v) is 23.4. The van der Waals surface area contributed by atoms with Crippen LogP contribution in [-0.2, 0) is 10.8 Å².